The Bertz CT molecular complexity index is 642. The smallest absolute Gasteiger partial charge is 0.321 e. The quantitative estimate of drug-likeness (QED) is 0.909. The number of H-pyrrole nitrogens is 1. The van der Waals surface area contributed by atoms with Gasteiger partial charge in [0, 0.05) is 18.3 Å². The molecule has 0 radical (unpaired) electrons. The topological polar surface area (TPSA) is 61.0 Å². The number of nitrogens with zero attached hydrogens (tertiary/aromatic N) is 2. The zero-order valence-electron chi connectivity index (χ0n) is 12.6. The molecule has 2 rings (SSSR count). The Morgan fingerprint density at radius 2 is 2.10 bits per heavy atom. The number of nitrogens with one attached hydrogen (secondary N) is 2. The standard InChI is InChI=1S/C15H19ClN4O/c1-9-5-10(2)14(13(16)6-9)18-15(21)20(4)8-12-7-17-19-11(12)3/h5-7H,8H2,1-4H3,(H,17,19)(H,18,21). The highest BCUT2D eigenvalue weighted by Gasteiger charge is 2.14. The summed E-state index contributed by atoms with van der Waals surface area (Å²) in [5, 5.41) is 10.2. The van der Waals surface area contributed by atoms with Gasteiger partial charge in [-0.05, 0) is 38.0 Å². The van der Waals surface area contributed by atoms with Crippen LogP contribution in [-0.2, 0) is 6.54 Å². The molecule has 1 aromatic heterocycles. The molecule has 0 aliphatic heterocycles. The monoisotopic (exact) mass is 306 g/mol. The number of hydrogen-bond donors (Lipinski definition) is 2. The van der Waals surface area contributed by atoms with E-state index in [1.54, 1.807) is 18.1 Å². The maximum absolute atomic E-state index is 12.3. The van der Waals surface area contributed by atoms with Gasteiger partial charge >= 0.3 is 6.03 Å². The van der Waals surface area contributed by atoms with Gasteiger partial charge in [-0.3, -0.25) is 5.10 Å². The van der Waals surface area contributed by atoms with E-state index in [0.717, 1.165) is 22.4 Å². The molecule has 0 atom stereocenters. The van der Waals surface area contributed by atoms with Crippen LogP contribution < -0.4 is 5.32 Å². The molecule has 0 saturated heterocycles. The molecule has 0 saturated carbocycles. The number of amides is 2. The lowest BCUT2D eigenvalue weighted by Crippen LogP contribution is -2.31. The molecule has 0 bridgehead atoms. The van der Waals surface area contributed by atoms with Gasteiger partial charge in [0.05, 0.1) is 23.5 Å². The number of hydrogen-bond acceptors (Lipinski definition) is 2. The minimum atomic E-state index is -0.204. The van der Waals surface area contributed by atoms with Gasteiger partial charge in [-0.2, -0.15) is 5.10 Å². The van der Waals surface area contributed by atoms with Gasteiger partial charge in [0.15, 0.2) is 0 Å². The Hall–Kier alpha value is -2.01. The summed E-state index contributed by atoms with van der Waals surface area (Å²) in [5.41, 5.74) is 4.61. The number of carbonyl (C=O) groups is 1. The first-order valence-electron chi connectivity index (χ1n) is 6.66. The van der Waals surface area contributed by atoms with Crippen molar-refractivity contribution in [2.45, 2.75) is 27.3 Å². The van der Waals surface area contributed by atoms with Crippen molar-refractivity contribution in [3.05, 3.63) is 45.7 Å². The van der Waals surface area contributed by atoms with E-state index >= 15 is 0 Å². The van der Waals surface area contributed by atoms with Crippen LogP contribution in [0.3, 0.4) is 0 Å². The van der Waals surface area contributed by atoms with E-state index in [2.05, 4.69) is 15.5 Å². The fourth-order valence-corrected chi connectivity index (χ4v) is 2.51. The fraction of sp³-hybridized carbons (Fsp3) is 0.333. The normalized spacial score (nSPS) is 10.5. The van der Waals surface area contributed by atoms with Crippen LogP contribution in [0.15, 0.2) is 18.3 Å². The highest BCUT2D eigenvalue weighted by Crippen LogP contribution is 2.27. The fourth-order valence-electron chi connectivity index (χ4n) is 2.14. The second-order valence-corrected chi connectivity index (χ2v) is 5.65. The van der Waals surface area contributed by atoms with Crippen LogP contribution in [0.2, 0.25) is 5.02 Å². The Morgan fingerprint density at radius 1 is 1.38 bits per heavy atom. The summed E-state index contributed by atoms with van der Waals surface area (Å²) < 4.78 is 0. The lowest BCUT2D eigenvalue weighted by atomic mass is 10.1. The molecule has 2 aromatic rings. The maximum Gasteiger partial charge on any atom is 0.321 e. The van der Waals surface area contributed by atoms with Crippen molar-refractivity contribution in [3.8, 4) is 0 Å². The van der Waals surface area contributed by atoms with Gasteiger partial charge in [0.25, 0.3) is 0 Å². The molecule has 2 amide bonds. The van der Waals surface area contributed by atoms with E-state index in [4.69, 9.17) is 11.6 Å². The highest BCUT2D eigenvalue weighted by atomic mass is 35.5. The first kappa shape index (κ1) is 15.4. The largest absolute Gasteiger partial charge is 0.323 e. The second-order valence-electron chi connectivity index (χ2n) is 5.25. The second kappa shape index (κ2) is 6.18. The van der Waals surface area contributed by atoms with Crippen LogP contribution >= 0.6 is 11.6 Å². The third-order valence-corrected chi connectivity index (χ3v) is 3.65. The first-order valence-corrected chi connectivity index (χ1v) is 7.04. The average molecular weight is 307 g/mol. The number of rotatable bonds is 3. The summed E-state index contributed by atoms with van der Waals surface area (Å²) in [4.78, 5) is 13.9. The number of halogens is 1. The van der Waals surface area contributed by atoms with E-state index in [9.17, 15) is 4.79 Å². The Kier molecular flexibility index (Phi) is 4.53. The van der Waals surface area contributed by atoms with Gasteiger partial charge in [-0.25, -0.2) is 4.79 Å². The van der Waals surface area contributed by atoms with Crippen molar-refractivity contribution in [1.82, 2.24) is 15.1 Å². The molecule has 0 aliphatic rings. The number of carbonyl (C=O) groups excluding carboxylic acids is 1. The van der Waals surface area contributed by atoms with Gasteiger partial charge < -0.3 is 10.2 Å². The molecule has 1 aromatic carbocycles. The van der Waals surface area contributed by atoms with Gasteiger partial charge in [0.2, 0.25) is 0 Å². The summed E-state index contributed by atoms with van der Waals surface area (Å²) in [6, 6.07) is 3.62. The number of urea groups is 1. The van der Waals surface area contributed by atoms with Crippen LogP contribution in [0, 0.1) is 20.8 Å². The molecule has 0 unspecified atom stereocenters. The molecule has 0 spiro atoms. The Labute approximate surface area is 129 Å². The lowest BCUT2D eigenvalue weighted by Gasteiger charge is -2.19. The highest BCUT2D eigenvalue weighted by molar-refractivity contribution is 6.34. The molecule has 6 heteroatoms. The third-order valence-electron chi connectivity index (χ3n) is 3.35. The van der Waals surface area contributed by atoms with Gasteiger partial charge in [-0.1, -0.05) is 17.7 Å². The molecule has 5 nitrogen and oxygen atoms in total. The van der Waals surface area contributed by atoms with Crippen molar-refractivity contribution in [2.24, 2.45) is 0 Å². The van der Waals surface area contributed by atoms with Gasteiger partial charge in [0.1, 0.15) is 0 Å². The number of aryl methyl sites for hydroxylation is 3. The minimum absolute atomic E-state index is 0.204. The molecule has 21 heavy (non-hydrogen) atoms. The summed E-state index contributed by atoms with van der Waals surface area (Å²) in [6.07, 6.45) is 1.73. The predicted molar refractivity (Wildman–Crippen MR) is 84.7 cm³/mol. The van der Waals surface area contributed by atoms with E-state index in [1.165, 1.54) is 0 Å². The van der Waals surface area contributed by atoms with Crippen LogP contribution in [-0.4, -0.2) is 28.2 Å². The summed E-state index contributed by atoms with van der Waals surface area (Å²) >= 11 is 6.20. The van der Waals surface area contributed by atoms with Crippen molar-refractivity contribution < 1.29 is 4.79 Å². The Morgan fingerprint density at radius 3 is 2.67 bits per heavy atom. The van der Waals surface area contributed by atoms with E-state index in [-0.39, 0.29) is 6.03 Å². The predicted octanol–water partition coefficient (Wildman–Crippen LogP) is 3.65. The summed E-state index contributed by atoms with van der Waals surface area (Å²) in [5.74, 6) is 0. The lowest BCUT2D eigenvalue weighted by molar-refractivity contribution is 0.220. The molecular weight excluding hydrogens is 288 g/mol. The van der Waals surface area contributed by atoms with E-state index < -0.39 is 0 Å². The number of aromatic amines is 1. The maximum atomic E-state index is 12.3. The molecular formula is C15H19ClN4O. The molecule has 1 heterocycles. The van der Waals surface area contributed by atoms with E-state index in [1.807, 2.05) is 32.9 Å². The number of anilines is 1. The van der Waals surface area contributed by atoms with Gasteiger partial charge in [-0.15, -0.1) is 0 Å². The summed E-state index contributed by atoms with van der Waals surface area (Å²) in [6.45, 7) is 6.30. The van der Waals surface area contributed by atoms with E-state index in [0.29, 0.717) is 17.3 Å². The number of aromatic nitrogens is 2. The molecule has 0 fully saturated rings. The van der Waals surface area contributed by atoms with Crippen molar-refractivity contribution >= 4 is 23.3 Å². The zero-order chi connectivity index (χ0) is 15.6. The molecule has 112 valence electrons. The first-order chi connectivity index (χ1) is 9.88. The van der Waals surface area contributed by atoms with Crippen molar-refractivity contribution in [1.29, 1.82) is 0 Å². The Balaban J connectivity index is 2.09. The SMILES string of the molecule is Cc1cc(C)c(NC(=O)N(C)Cc2cn[nH]c2C)c(Cl)c1. The average Bonchev–Trinajstić information content (AvgIpc) is 2.79. The van der Waals surface area contributed by atoms with Crippen LogP contribution in [0.4, 0.5) is 10.5 Å². The van der Waals surface area contributed by atoms with Crippen LogP contribution in [0.5, 0.6) is 0 Å². The summed E-state index contributed by atoms with van der Waals surface area (Å²) in [7, 11) is 1.74. The van der Waals surface area contributed by atoms with Crippen LogP contribution in [0.1, 0.15) is 22.4 Å². The molecule has 2 N–H and O–H groups in total. The van der Waals surface area contributed by atoms with Crippen molar-refractivity contribution in [3.63, 3.8) is 0 Å². The van der Waals surface area contributed by atoms with Crippen LogP contribution in [0.25, 0.3) is 0 Å². The zero-order valence-corrected chi connectivity index (χ0v) is 13.4. The third kappa shape index (κ3) is 3.55. The van der Waals surface area contributed by atoms with Crippen molar-refractivity contribution in [2.75, 3.05) is 12.4 Å². The molecule has 0 aliphatic carbocycles. The minimum Gasteiger partial charge on any atom is -0.323 e. The number of benzene rings is 1.